The predicted molar refractivity (Wildman–Crippen MR) is 47.6 cm³/mol. The number of nitrogens with two attached hydrogens (primary N) is 1. The summed E-state index contributed by atoms with van der Waals surface area (Å²) >= 11 is 3.68. The van der Waals surface area contributed by atoms with Gasteiger partial charge < -0.3 is 5.73 Å². The molecule has 0 aliphatic heterocycles. The van der Waals surface area contributed by atoms with Crippen LogP contribution in [0.2, 0.25) is 0 Å². The second-order valence-corrected chi connectivity index (χ2v) is 2.61. The van der Waals surface area contributed by atoms with Gasteiger partial charge in [0.1, 0.15) is 0 Å². The summed E-state index contributed by atoms with van der Waals surface area (Å²) in [6, 6.07) is 7.09. The van der Waals surface area contributed by atoms with E-state index in [0.717, 1.165) is 5.56 Å². The minimum Gasteiger partial charge on any atom is -0.326 e. The molecule has 0 aliphatic rings. The molecule has 0 fully saturated rings. The molecule has 1 rings (SSSR count). The number of carbonyl (C=O) groups is 1. The first-order valence-electron chi connectivity index (χ1n) is 3.26. The second kappa shape index (κ2) is 3.55. The molecular formula is C8H9NOS. The van der Waals surface area contributed by atoms with E-state index in [-0.39, 0.29) is 5.12 Å². The molecule has 58 valence electrons. The topological polar surface area (TPSA) is 43.1 Å². The van der Waals surface area contributed by atoms with Gasteiger partial charge in [0.25, 0.3) is 0 Å². The Labute approximate surface area is 70.8 Å². The number of rotatable bonds is 2. The summed E-state index contributed by atoms with van der Waals surface area (Å²) in [4.78, 5) is 10.7. The van der Waals surface area contributed by atoms with Gasteiger partial charge in [-0.25, -0.2) is 0 Å². The summed E-state index contributed by atoms with van der Waals surface area (Å²) in [6.07, 6.45) is 0. The Bertz CT molecular complexity index is 255. The van der Waals surface area contributed by atoms with Crippen molar-refractivity contribution in [1.29, 1.82) is 0 Å². The molecule has 0 aromatic heterocycles. The third-order valence-corrected chi connectivity index (χ3v) is 1.69. The van der Waals surface area contributed by atoms with Crippen LogP contribution < -0.4 is 5.73 Å². The second-order valence-electron chi connectivity index (χ2n) is 2.21. The van der Waals surface area contributed by atoms with E-state index in [1.165, 1.54) is 0 Å². The Morgan fingerprint density at radius 1 is 1.36 bits per heavy atom. The molecule has 2 N–H and O–H groups in total. The normalized spacial score (nSPS) is 9.64. The molecule has 0 amide bonds. The lowest BCUT2D eigenvalue weighted by Crippen LogP contribution is -1.96. The van der Waals surface area contributed by atoms with Crippen molar-refractivity contribution < 1.29 is 4.79 Å². The number of thiol groups is 1. The summed E-state index contributed by atoms with van der Waals surface area (Å²) in [5, 5.41) is -0.214. The smallest absolute Gasteiger partial charge is 0.216 e. The molecule has 0 unspecified atom stereocenters. The van der Waals surface area contributed by atoms with E-state index in [1.807, 2.05) is 12.1 Å². The summed E-state index contributed by atoms with van der Waals surface area (Å²) in [5.74, 6) is 0. The van der Waals surface area contributed by atoms with Crippen molar-refractivity contribution in [2.24, 2.45) is 5.73 Å². The van der Waals surface area contributed by atoms with Gasteiger partial charge in [-0.15, -0.1) is 12.6 Å². The highest BCUT2D eigenvalue weighted by atomic mass is 32.1. The minimum absolute atomic E-state index is 0.214. The van der Waals surface area contributed by atoms with E-state index in [2.05, 4.69) is 12.6 Å². The van der Waals surface area contributed by atoms with Gasteiger partial charge in [0, 0.05) is 12.1 Å². The van der Waals surface area contributed by atoms with Crippen molar-refractivity contribution in [2.75, 3.05) is 0 Å². The van der Waals surface area contributed by atoms with Crippen molar-refractivity contribution in [3.05, 3.63) is 35.4 Å². The quantitative estimate of drug-likeness (QED) is 0.650. The van der Waals surface area contributed by atoms with Gasteiger partial charge >= 0.3 is 0 Å². The van der Waals surface area contributed by atoms with Crippen LogP contribution in [-0.4, -0.2) is 5.12 Å². The van der Waals surface area contributed by atoms with Gasteiger partial charge in [-0.3, -0.25) is 4.79 Å². The molecule has 0 saturated carbocycles. The van der Waals surface area contributed by atoms with Crippen LogP contribution in [0.1, 0.15) is 15.9 Å². The monoisotopic (exact) mass is 167 g/mol. The fraction of sp³-hybridized carbons (Fsp3) is 0.125. The van der Waals surface area contributed by atoms with Gasteiger partial charge in [0.15, 0.2) is 0 Å². The van der Waals surface area contributed by atoms with E-state index >= 15 is 0 Å². The van der Waals surface area contributed by atoms with Crippen molar-refractivity contribution in [3.63, 3.8) is 0 Å². The van der Waals surface area contributed by atoms with E-state index in [4.69, 9.17) is 5.73 Å². The Kier molecular flexibility index (Phi) is 2.68. The third-order valence-electron chi connectivity index (χ3n) is 1.44. The lowest BCUT2D eigenvalue weighted by molar-refractivity contribution is 0.109. The van der Waals surface area contributed by atoms with Crippen LogP contribution in [0, 0.1) is 0 Å². The average Bonchev–Trinajstić information content (AvgIpc) is 2.05. The molecule has 2 nitrogen and oxygen atoms in total. The Morgan fingerprint density at radius 3 is 2.27 bits per heavy atom. The third kappa shape index (κ3) is 2.06. The Morgan fingerprint density at radius 2 is 1.91 bits per heavy atom. The van der Waals surface area contributed by atoms with Crippen LogP contribution in [0.4, 0.5) is 0 Å². The van der Waals surface area contributed by atoms with E-state index in [9.17, 15) is 4.79 Å². The maximum absolute atomic E-state index is 10.7. The molecule has 1 aromatic carbocycles. The molecule has 1 aromatic rings. The molecule has 0 radical (unpaired) electrons. The predicted octanol–water partition coefficient (Wildman–Crippen LogP) is 1.22. The highest BCUT2D eigenvalue weighted by Gasteiger charge is 1.97. The molecular weight excluding hydrogens is 158 g/mol. The SMILES string of the molecule is NCc1ccc(C(=O)S)cc1. The van der Waals surface area contributed by atoms with Crippen molar-refractivity contribution in [3.8, 4) is 0 Å². The molecule has 0 spiro atoms. The van der Waals surface area contributed by atoms with Crippen molar-refractivity contribution in [1.82, 2.24) is 0 Å². The van der Waals surface area contributed by atoms with Crippen molar-refractivity contribution in [2.45, 2.75) is 6.54 Å². The summed E-state index contributed by atoms with van der Waals surface area (Å²) in [6.45, 7) is 0.501. The molecule has 0 atom stereocenters. The molecule has 11 heavy (non-hydrogen) atoms. The van der Waals surface area contributed by atoms with Crippen LogP contribution >= 0.6 is 12.6 Å². The zero-order chi connectivity index (χ0) is 8.27. The van der Waals surface area contributed by atoms with Gasteiger partial charge in [-0.1, -0.05) is 24.3 Å². The fourth-order valence-corrected chi connectivity index (χ4v) is 0.932. The standard InChI is InChI=1S/C8H9NOS/c9-5-6-1-3-7(4-2-6)8(10)11/h1-4H,5,9H2,(H,10,11). The highest BCUT2D eigenvalue weighted by molar-refractivity contribution is 7.97. The Hall–Kier alpha value is -0.800. The fourth-order valence-electron chi connectivity index (χ4n) is 0.783. The van der Waals surface area contributed by atoms with E-state index in [1.54, 1.807) is 12.1 Å². The lowest BCUT2D eigenvalue weighted by Gasteiger charge is -1.96. The first-order chi connectivity index (χ1) is 5.24. The van der Waals surface area contributed by atoms with Crippen LogP contribution in [0.15, 0.2) is 24.3 Å². The van der Waals surface area contributed by atoms with Crippen LogP contribution in [0.5, 0.6) is 0 Å². The van der Waals surface area contributed by atoms with Gasteiger partial charge in [-0.05, 0) is 5.56 Å². The first-order valence-corrected chi connectivity index (χ1v) is 3.71. The van der Waals surface area contributed by atoms with Crippen molar-refractivity contribution >= 4 is 17.7 Å². The Balaban J connectivity index is 2.91. The van der Waals surface area contributed by atoms with Crippen LogP contribution in [0.3, 0.4) is 0 Å². The number of carbonyl (C=O) groups excluding carboxylic acids is 1. The first kappa shape index (κ1) is 8.30. The number of hydrogen-bond donors (Lipinski definition) is 2. The number of hydrogen-bond acceptors (Lipinski definition) is 2. The zero-order valence-corrected chi connectivity index (χ0v) is 6.84. The number of benzene rings is 1. The van der Waals surface area contributed by atoms with E-state index in [0.29, 0.717) is 12.1 Å². The summed E-state index contributed by atoms with van der Waals surface area (Å²) in [5.41, 5.74) is 6.99. The van der Waals surface area contributed by atoms with E-state index < -0.39 is 0 Å². The van der Waals surface area contributed by atoms with Crippen LogP contribution in [-0.2, 0) is 6.54 Å². The highest BCUT2D eigenvalue weighted by Crippen LogP contribution is 2.05. The van der Waals surface area contributed by atoms with Gasteiger partial charge in [0.2, 0.25) is 5.12 Å². The maximum Gasteiger partial charge on any atom is 0.216 e. The van der Waals surface area contributed by atoms with Gasteiger partial charge in [-0.2, -0.15) is 0 Å². The van der Waals surface area contributed by atoms with Gasteiger partial charge in [0.05, 0.1) is 0 Å². The van der Waals surface area contributed by atoms with Crippen LogP contribution in [0.25, 0.3) is 0 Å². The summed E-state index contributed by atoms with van der Waals surface area (Å²) < 4.78 is 0. The maximum atomic E-state index is 10.7. The molecule has 0 bridgehead atoms. The minimum atomic E-state index is -0.214. The molecule has 0 aliphatic carbocycles. The average molecular weight is 167 g/mol. The molecule has 3 heteroatoms. The lowest BCUT2D eigenvalue weighted by atomic mass is 10.1. The summed E-state index contributed by atoms with van der Waals surface area (Å²) in [7, 11) is 0. The largest absolute Gasteiger partial charge is 0.326 e. The zero-order valence-electron chi connectivity index (χ0n) is 5.95. The molecule has 0 saturated heterocycles. The molecule has 0 heterocycles.